The highest BCUT2D eigenvalue weighted by molar-refractivity contribution is 6.30. The van der Waals surface area contributed by atoms with Gasteiger partial charge in [-0.3, -0.25) is 4.79 Å². The Morgan fingerprint density at radius 2 is 1.57 bits per heavy atom. The number of nitrogens with zero attached hydrogens (tertiary/aromatic N) is 1. The summed E-state index contributed by atoms with van der Waals surface area (Å²) in [5.41, 5.74) is 2.81. The summed E-state index contributed by atoms with van der Waals surface area (Å²) in [4.78, 5) is 15.2. The van der Waals surface area contributed by atoms with Crippen LogP contribution in [-0.4, -0.2) is 18.1 Å². The second kappa shape index (κ2) is 7.81. The van der Waals surface area contributed by atoms with Crippen molar-refractivity contribution < 1.29 is 9.53 Å². The van der Waals surface area contributed by atoms with Gasteiger partial charge in [0.05, 0.1) is 0 Å². The van der Waals surface area contributed by atoms with Gasteiger partial charge in [0, 0.05) is 21.7 Å². The van der Waals surface area contributed by atoms with Crippen molar-refractivity contribution in [3.05, 3.63) is 95.0 Å². The van der Waals surface area contributed by atoms with Crippen LogP contribution in [0, 0.1) is 0 Å². The Balaban J connectivity index is 1.68. The first-order chi connectivity index (χ1) is 14.3. The number of amides is 1. The molecule has 1 aliphatic rings. The summed E-state index contributed by atoms with van der Waals surface area (Å²) in [6.45, 7) is 6.50. The molecule has 0 N–H and O–H groups in total. The Bertz CT molecular complexity index is 1050. The lowest BCUT2D eigenvalue weighted by atomic mass is 9.65. The monoisotopic (exact) mass is 419 g/mol. The van der Waals surface area contributed by atoms with Gasteiger partial charge in [0.2, 0.25) is 0 Å². The van der Waals surface area contributed by atoms with Gasteiger partial charge in [-0.2, -0.15) is 0 Å². The van der Waals surface area contributed by atoms with Crippen molar-refractivity contribution in [3.8, 4) is 5.75 Å². The van der Waals surface area contributed by atoms with Crippen LogP contribution >= 0.6 is 11.6 Å². The molecular formula is C26H26ClNO2. The van der Waals surface area contributed by atoms with Crippen LogP contribution in [0.15, 0.2) is 78.9 Å². The standard InChI is InChI=1S/C26H26ClNO2/c1-25(2)18-26(3,19-9-5-4-6-10-19)22-11-7-8-12-23(22)28(25)24(29)17-30-21-15-13-20(27)14-16-21/h4-16H,17-18H2,1-3H3. The summed E-state index contributed by atoms with van der Waals surface area (Å²) in [5.74, 6) is 0.572. The highest BCUT2D eigenvalue weighted by Gasteiger charge is 2.47. The molecule has 1 aliphatic heterocycles. The van der Waals surface area contributed by atoms with Crippen molar-refractivity contribution in [3.63, 3.8) is 0 Å². The summed E-state index contributed by atoms with van der Waals surface area (Å²) >= 11 is 5.94. The molecule has 1 heterocycles. The molecule has 1 unspecified atom stereocenters. The lowest BCUT2D eigenvalue weighted by Gasteiger charge is -2.51. The third-order valence-corrected chi connectivity index (χ3v) is 6.22. The molecule has 0 fully saturated rings. The molecule has 0 spiro atoms. The summed E-state index contributed by atoms with van der Waals surface area (Å²) < 4.78 is 5.77. The van der Waals surface area contributed by atoms with E-state index in [1.807, 2.05) is 29.2 Å². The van der Waals surface area contributed by atoms with Gasteiger partial charge in [0.1, 0.15) is 5.75 Å². The number of fused-ring (bicyclic) bond motifs is 1. The normalized spacial score (nSPS) is 19.8. The lowest BCUT2D eigenvalue weighted by molar-refractivity contribution is -0.121. The van der Waals surface area contributed by atoms with Crippen molar-refractivity contribution >= 4 is 23.2 Å². The van der Waals surface area contributed by atoms with E-state index in [1.165, 1.54) is 5.56 Å². The smallest absolute Gasteiger partial charge is 0.265 e. The van der Waals surface area contributed by atoms with Gasteiger partial charge in [0.25, 0.3) is 5.91 Å². The first-order valence-electron chi connectivity index (χ1n) is 10.2. The Labute approximate surface area is 183 Å². The third-order valence-electron chi connectivity index (χ3n) is 5.97. The van der Waals surface area contributed by atoms with Gasteiger partial charge in [-0.15, -0.1) is 0 Å². The molecule has 4 rings (SSSR count). The lowest BCUT2D eigenvalue weighted by Crippen LogP contribution is -2.57. The molecule has 30 heavy (non-hydrogen) atoms. The number of hydrogen-bond donors (Lipinski definition) is 0. The highest BCUT2D eigenvalue weighted by Crippen LogP contribution is 2.50. The van der Waals surface area contributed by atoms with E-state index in [-0.39, 0.29) is 23.5 Å². The van der Waals surface area contributed by atoms with Crippen LogP contribution in [-0.2, 0) is 10.2 Å². The minimum absolute atomic E-state index is 0.0263. The van der Waals surface area contributed by atoms with Crippen molar-refractivity contribution in [2.75, 3.05) is 11.5 Å². The van der Waals surface area contributed by atoms with Crippen molar-refractivity contribution in [1.29, 1.82) is 0 Å². The van der Waals surface area contributed by atoms with E-state index in [2.05, 4.69) is 51.1 Å². The van der Waals surface area contributed by atoms with Crippen molar-refractivity contribution in [2.24, 2.45) is 0 Å². The van der Waals surface area contributed by atoms with Crippen LogP contribution in [0.25, 0.3) is 0 Å². The van der Waals surface area contributed by atoms with Gasteiger partial charge < -0.3 is 9.64 Å². The first kappa shape index (κ1) is 20.5. The zero-order valence-corrected chi connectivity index (χ0v) is 18.3. The topological polar surface area (TPSA) is 29.5 Å². The zero-order chi connectivity index (χ0) is 21.4. The fourth-order valence-corrected chi connectivity index (χ4v) is 4.90. The third kappa shape index (κ3) is 3.70. The Morgan fingerprint density at radius 1 is 0.933 bits per heavy atom. The molecule has 0 saturated carbocycles. The molecule has 3 aromatic carbocycles. The van der Waals surface area contributed by atoms with Crippen LogP contribution < -0.4 is 9.64 Å². The van der Waals surface area contributed by atoms with Crippen LogP contribution in [0.2, 0.25) is 5.02 Å². The van der Waals surface area contributed by atoms with Crippen LogP contribution in [0.4, 0.5) is 5.69 Å². The van der Waals surface area contributed by atoms with E-state index < -0.39 is 0 Å². The number of halogens is 1. The molecule has 0 aliphatic carbocycles. The maximum Gasteiger partial charge on any atom is 0.265 e. The average Bonchev–Trinajstić information content (AvgIpc) is 2.73. The van der Waals surface area contributed by atoms with Gasteiger partial charge in [-0.05, 0) is 61.7 Å². The fraction of sp³-hybridized carbons (Fsp3) is 0.269. The van der Waals surface area contributed by atoms with E-state index in [9.17, 15) is 4.79 Å². The SMILES string of the molecule is CC1(c2ccccc2)CC(C)(C)N(C(=O)COc2ccc(Cl)cc2)c2ccccc21. The minimum Gasteiger partial charge on any atom is -0.484 e. The predicted octanol–water partition coefficient (Wildman–Crippen LogP) is 6.24. The Hall–Kier alpha value is -2.78. The summed E-state index contributed by atoms with van der Waals surface area (Å²) in [6.07, 6.45) is 0.813. The van der Waals surface area contributed by atoms with E-state index in [0.29, 0.717) is 10.8 Å². The van der Waals surface area contributed by atoms with Crippen LogP contribution in [0.3, 0.4) is 0 Å². The predicted molar refractivity (Wildman–Crippen MR) is 122 cm³/mol. The maximum absolute atomic E-state index is 13.3. The summed E-state index contributed by atoms with van der Waals surface area (Å²) in [5, 5.41) is 0.639. The van der Waals surface area contributed by atoms with Crippen molar-refractivity contribution in [2.45, 2.75) is 38.1 Å². The molecule has 0 saturated heterocycles. The quantitative estimate of drug-likeness (QED) is 0.500. The number of carbonyl (C=O) groups excluding carboxylic acids is 1. The zero-order valence-electron chi connectivity index (χ0n) is 17.6. The number of anilines is 1. The van der Waals surface area contributed by atoms with Gasteiger partial charge in [0.15, 0.2) is 6.61 Å². The summed E-state index contributed by atoms with van der Waals surface area (Å²) in [6, 6.07) is 25.8. The molecule has 3 aromatic rings. The number of carbonyl (C=O) groups is 1. The number of para-hydroxylation sites is 1. The highest BCUT2D eigenvalue weighted by atomic mass is 35.5. The van der Waals surface area contributed by atoms with Crippen molar-refractivity contribution in [1.82, 2.24) is 0 Å². The van der Waals surface area contributed by atoms with Crippen LogP contribution in [0.5, 0.6) is 5.75 Å². The molecule has 3 nitrogen and oxygen atoms in total. The minimum atomic E-state index is -0.376. The summed E-state index contributed by atoms with van der Waals surface area (Å²) in [7, 11) is 0. The van der Waals surface area contributed by atoms with E-state index in [4.69, 9.17) is 16.3 Å². The van der Waals surface area contributed by atoms with Gasteiger partial charge in [-0.1, -0.05) is 67.1 Å². The fourth-order valence-electron chi connectivity index (χ4n) is 4.78. The van der Waals surface area contributed by atoms with E-state index in [1.54, 1.807) is 24.3 Å². The molecule has 1 amide bonds. The second-order valence-corrected chi connectivity index (χ2v) is 9.11. The maximum atomic E-state index is 13.3. The first-order valence-corrected chi connectivity index (χ1v) is 10.6. The average molecular weight is 420 g/mol. The van der Waals surface area contributed by atoms with Gasteiger partial charge >= 0.3 is 0 Å². The van der Waals surface area contributed by atoms with Crippen LogP contribution in [0.1, 0.15) is 38.3 Å². The number of hydrogen-bond acceptors (Lipinski definition) is 2. The Kier molecular flexibility index (Phi) is 5.33. The number of ether oxygens (including phenoxy) is 1. The molecule has 0 bridgehead atoms. The molecule has 4 heteroatoms. The molecule has 0 radical (unpaired) electrons. The number of benzene rings is 3. The molecule has 1 atom stereocenters. The molecule has 154 valence electrons. The largest absolute Gasteiger partial charge is 0.484 e. The second-order valence-electron chi connectivity index (χ2n) is 8.68. The molecular weight excluding hydrogens is 394 g/mol. The molecule has 0 aromatic heterocycles. The number of rotatable bonds is 4. The Morgan fingerprint density at radius 3 is 2.27 bits per heavy atom. The van der Waals surface area contributed by atoms with Gasteiger partial charge in [-0.25, -0.2) is 0 Å². The van der Waals surface area contributed by atoms with E-state index >= 15 is 0 Å². The van der Waals surface area contributed by atoms with E-state index in [0.717, 1.165) is 17.7 Å².